The lowest BCUT2D eigenvalue weighted by Crippen LogP contribution is -2.37. The van der Waals surface area contributed by atoms with Crippen molar-refractivity contribution in [1.29, 1.82) is 0 Å². The van der Waals surface area contributed by atoms with E-state index in [2.05, 4.69) is 20.6 Å². The molecule has 8 heteroatoms. The fourth-order valence-electron chi connectivity index (χ4n) is 2.20. The molecule has 0 saturated carbocycles. The molecule has 0 aromatic carbocycles. The quantitative estimate of drug-likeness (QED) is 0.628. The second-order valence-corrected chi connectivity index (χ2v) is 4.98. The standard InChI is InChI=1S/C13H20N6O2/c1-2-4-15-11-10(6-16-13(14)18-11)12(21)17-9-3-5-19(7-9)8-20/h6,8-9H,2-5,7H2,1H3,(H,17,21)(H3,14,15,16,18). The predicted octanol–water partition coefficient (Wildman–Crippen LogP) is -0.159. The number of nitrogens with two attached hydrogens (primary N) is 1. The van der Waals surface area contributed by atoms with Crippen molar-refractivity contribution in [2.75, 3.05) is 30.7 Å². The van der Waals surface area contributed by atoms with Gasteiger partial charge in [0.25, 0.3) is 5.91 Å². The van der Waals surface area contributed by atoms with Gasteiger partial charge in [-0.25, -0.2) is 4.98 Å². The minimum Gasteiger partial charge on any atom is -0.369 e. The maximum Gasteiger partial charge on any atom is 0.256 e. The molecule has 1 aliphatic rings. The largest absolute Gasteiger partial charge is 0.369 e. The Kier molecular flexibility index (Phi) is 4.91. The van der Waals surface area contributed by atoms with Crippen LogP contribution in [0.5, 0.6) is 0 Å². The highest BCUT2D eigenvalue weighted by Gasteiger charge is 2.24. The van der Waals surface area contributed by atoms with E-state index >= 15 is 0 Å². The number of nitrogen functional groups attached to an aromatic ring is 1. The minimum atomic E-state index is -0.258. The molecule has 2 rings (SSSR count). The van der Waals surface area contributed by atoms with Crippen molar-refractivity contribution in [3.05, 3.63) is 11.8 Å². The second-order valence-electron chi connectivity index (χ2n) is 4.98. The Bertz CT molecular complexity index is 521. The maximum absolute atomic E-state index is 12.3. The molecule has 4 N–H and O–H groups in total. The number of likely N-dealkylation sites (tertiary alicyclic amines) is 1. The van der Waals surface area contributed by atoms with Gasteiger partial charge in [0, 0.05) is 31.9 Å². The summed E-state index contributed by atoms with van der Waals surface area (Å²) in [5, 5.41) is 5.97. The third kappa shape index (κ3) is 3.80. The fraction of sp³-hybridized carbons (Fsp3) is 0.538. The number of aromatic nitrogens is 2. The third-order valence-corrected chi connectivity index (χ3v) is 3.30. The molecule has 0 bridgehead atoms. The summed E-state index contributed by atoms with van der Waals surface area (Å²) in [6, 6.07) is -0.0423. The van der Waals surface area contributed by atoms with Gasteiger partial charge >= 0.3 is 0 Å². The van der Waals surface area contributed by atoms with E-state index in [-0.39, 0.29) is 17.9 Å². The Balaban J connectivity index is 2.06. The van der Waals surface area contributed by atoms with Gasteiger partial charge in [0.2, 0.25) is 12.4 Å². The molecule has 0 radical (unpaired) electrons. The zero-order chi connectivity index (χ0) is 15.2. The number of anilines is 2. The first kappa shape index (κ1) is 15.0. The molecule has 8 nitrogen and oxygen atoms in total. The lowest BCUT2D eigenvalue weighted by molar-refractivity contribution is -0.117. The summed E-state index contributed by atoms with van der Waals surface area (Å²) in [7, 11) is 0. The van der Waals surface area contributed by atoms with E-state index in [0.717, 1.165) is 19.3 Å². The highest BCUT2D eigenvalue weighted by atomic mass is 16.2. The summed E-state index contributed by atoms with van der Waals surface area (Å²) in [6.07, 6.45) is 3.87. The zero-order valence-corrected chi connectivity index (χ0v) is 12.0. The summed E-state index contributed by atoms with van der Waals surface area (Å²) in [4.78, 5) is 32.6. The molecule has 1 aromatic heterocycles. The third-order valence-electron chi connectivity index (χ3n) is 3.30. The van der Waals surface area contributed by atoms with Crippen LogP contribution in [0.3, 0.4) is 0 Å². The first-order chi connectivity index (χ1) is 10.1. The number of hydrogen-bond acceptors (Lipinski definition) is 6. The van der Waals surface area contributed by atoms with Crippen molar-refractivity contribution in [3.8, 4) is 0 Å². The van der Waals surface area contributed by atoms with Crippen LogP contribution in [0.1, 0.15) is 30.1 Å². The summed E-state index contributed by atoms with van der Waals surface area (Å²) < 4.78 is 0. The Hall–Kier alpha value is -2.38. The van der Waals surface area contributed by atoms with Crippen LogP contribution in [0.15, 0.2) is 6.20 Å². The smallest absolute Gasteiger partial charge is 0.256 e. The highest BCUT2D eigenvalue weighted by molar-refractivity contribution is 5.98. The molecule has 1 saturated heterocycles. The highest BCUT2D eigenvalue weighted by Crippen LogP contribution is 2.14. The topological polar surface area (TPSA) is 113 Å². The number of nitrogens with zero attached hydrogens (tertiary/aromatic N) is 3. The first-order valence-corrected chi connectivity index (χ1v) is 7.00. The molecular weight excluding hydrogens is 272 g/mol. The summed E-state index contributed by atoms with van der Waals surface area (Å²) in [6.45, 7) is 3.90. The van der Waals surface area contributed by atoms with Gasteiger partial charge in [-0.3, -0.25) is 9.59 Å². The number of carbonyl (C=O) groups is 2. The normalized spacial score (nSPS) is 17.6. The van der Waals surface area contributed by atoms with Gasteiger partial charge in [-0.05, 0) is 12.8 Å². The van der Waals surface area contributed by atoms with Crippen LogP contribution in [0.25, 0.3) is 0 Å². The van der Waals surface area contributed by atoms with E-state index in [4.69, 9.17) is 5.73 Å². The Morgan fingerprint density at radius 3 is 3.10 bits per heavy atom. The van der Waals surface area contributed by atoms with E-state index in [0.29, 0.717) is 31.0 Å². The van der Waals surface area contributed by atoms with E-state index in [9.17, 15) is 9.59 Å². The van der Waals surface area contributed by atoms with Gasteiger partial charge in [-0.15, -0.1) is 0 Å². The van der Waals surface area contributed by atoms with E-state index in [1.54, 1.807) is 4.90 Å². The zero-order valence-electron chi connectivity index (χ0n) is 12.0. The fourth-order valence-corrected chi connectivity index (χ4v) is 2.20. The van der Waals surface area contributed by atoms with Crippen molar-refractivity contribution in [3.63, 3.8) is 0 Å². The van der Waals surface area contributed by atoms with Gasteiger partial charge in [-0.1, -0.05) is 6.92 Å². The summed E-state index contributed by atoms with van der Waals surface area (Å²) in [5.41, 5.74) is 5.92. The molecule has 0 aliphatic carbocycles. The summed E-state index contributed by atoms with van der Waals surface area (Å²) >= 11 is 0. The van der Waals surface area contributed by atoms with Crippen molar-refractivity contribution >= 4 is 24.1 Å². The lowest BCUT2D eigenvalue weighted by Gasteiger charge is -2.15. The minimum absolute atomic E-state index is 0.0423. The average molecular weight is 292 g/mol. The van der Waals surface area contributed by atoms with Crippen molar-refractivity contribution in [2.45, 2.75) is 25.8 Å². The molecule has 1 aliphatic heterocycles. The van der Waals surface area contributed by atoms with Crippen LogP contribution in [0, 0.1) is 0 Å². The lowest BCUT2D eigenvalue weighted by atomic mass is 10.2. The van der Waals surface area contributed by atoms with Gasteiger partial charge in [0.15, 0.2) is 0 Å². The van der Waals surface area contributed by atoms with Gasteiger partial charge in [-0.2, -0.15) is 4.98 Å². The molecular formula is C13H20N6O2. The van der Waals surface area contributed by atoms with Gasteiger partial charge < -0.3 is 21.3 Å². The van der Waals surface area contributed by atoms with Crippen LogP contribution in [-0.4, -0.2) is 52.9 Å². The Morgan fingerprint density at radius 2 is 2.43 bits per heavy atom. The second kappa shape index (κ2) is 6.87. The molecule has 1 unspecified atom stereocenters. The number of hydrogen-bond donors (Lipinski definition) is 3. The van der Waals surface area contributed by atoms with Crippen LogP contribution < -0.4 is 16.4 Å². The van der Waals surface area contributed by atoms with E-state index < -0.39 is 0 Å². The monoisotopic (exact) mass is 292 g/mol. The SMILES string of the molecule is CCCNc1nc(N)ncc1C(=O)NC1CCN(C=O)C1. The van der Waals surface area contributed by atoms with Crippen LogP contribution in [-0.2, 0) is 4.79 Å². The molecule has 1 fully saturated rings. The molecule has 2 heterocycles. The molecule has 21 heavy (non-hydrogen) atoms. The van der Waals surface area contributed by atoms with Crippen molar-refractivity contribution in [1.82, 2.24) is 20.2 Å². The first-order valence-electron chi connectivity index (χ1n) is 7.00. The van der Waals surface area contributed by atoms with Crippen LogP contribution in [0.2, 0.25) is 0 Å². The predicted molar refractivity (Wildman–Crippen MR) is 78.7 cm³/mol. The molecule has 2 amide bonds. The van der Waals surface area contributed by atoms with Gasteiger partial charge in [0.05, 0.1) is 0 Å². The maximum atomic E-state index is 12.3. The molecule has 0 spiro atoms. The number of rotatable bonds is 6. The molecule has 1 atom stereocenters. The van der Waals surface area contributed by atoms with E-state index in [1.807, 2.05) is 6.92 Å². The molecule has 1 aromatic rings. The average Bonchev–Trinajstić information content (AvgIpc) is 2.92. The molecule has 114 valence electrons. The van der Waals surface area contributed by atoms with E-state index in [1.165, 1.54) is 6.20 Å². The van der Waals surface area contributed by atoms with Crippen molar-refractivity contribution in [2.24, 2.45) is 0 Å². The number of amides is 2. The van der Waals surface area contributed by atoms with Crippen LogP contribution >= 0.6 is 0 Å². The van der Waals surface area contributed by atoms with Crippen molar-refractivity contribution < 1.29 is 9.59 Å². The van der Waals surface area contributed by atoms with Crippen LogP contribution in [0.4, 0.5) is 11.8 Å². The summed E-state index contributed by atoms with van der Waals surface area (Å²) in [5.74, 6) is 0.302. The number of carbonyl (C=O) groups excluding carboxylic acids is 2. The Labute approximate surface area is 123 Å². The Morgan fingerprint density at radius 1 is 1.62 bits per heavy atom. The van der Waals surface area contributed by atoms with Gasteiger partial charge in [0.1, 0.15) is 11.4 Å². The number of nitrogens with one attached hydrogen (secondary N) is 2.